The molecule has 1 aromatic heterocycles. The molecule has 1 amide bonds. The summed E-state index contributed by atoms with van der Waals surface area (Å²) in [5.41, 5.74) is 0.606. The van der Waals surface area contributed by atoms with E-state index in [2.05, 4.69) is 20.2 Å². The van der Waals surface area contributed by atoms with Crippen LogP contribution in [0.15, 0.2) is 35.3 Å². The Morgan fingerprint density at radius 3 is 2.46 bits per heavy atom. The molecule has 1 aromatic carbocycles. The molecule has 26 heavy (non-hydrogen) atoms. The van der Waals surface area contributed by atoms with Crippen LogP contribution in [0.3, 0.4) is 0 Å². The third-order valence-corrected chi connectivity index (χ3v) is 4.54. The van der Waals surface area contributed by atoms with E-state index >= 15 is 0 Å². The van der Waals surface area contributed by atoms with Crippen LogP contribution < -0.4 is 20.7 Å². The molecule has 0 spiro atoms. The van der Waals surface area contributed by atoms with E-state index in [4.69, 9.17) is 11.6 Å². The summed E-state index contributed by atoms with van der Waals surface area (Å²) in [5, 5.41) is 3.43. The largest absolute Gasteiger partial charge is 0.367 e. The molecule has 1 aliphatic rings. The van der Waals surface area contributed by atoms with E-state index in [0.29, 0.717) is 19.0 Å². The van der Waals surface area contributed by atoms with Gasteiger partial charge in [-0.05, 0) is 26.0 Å². The summed E-state index contributed by atoms with van der Waals surface area (Å²) in [6, 6.07) is 7.71. The van der Waals surface area contributed by atoms with Gasteiger partial charge in [0.2, 0.25) is 5.95 Å². The number of nitrogens with one attached hydrogen (secondary N) is 2. The number of amides is 1. The highest BCUT2D eigenvalue weighted by atomic mass is 35.5. The van der Waals surface area contributed by atoms with Gasteiger partial charge in [0, 0.05) is 38.4 Å². The highest BCUT2D eigenvalue weighted by Gasteiger charge is 2.21. The first-order valence-corrected chi connectivity index (χ1v) is 8.98. The van der Waals surface area contributed by atoms with Crippen molar-refractivity contribution in [3.05, 3.63) is 51.4 Å². The molecule has 2 aromatic rings. The van der Waals surface area contributed by atoms with Crippen LogP contribution in [0.25, 0.3) is 0 Å². The van der Waals surface area contributed by atoms with Crippen molar-refractivity contribution < 1.29 is 4.79 Å². The maximum Gasteiger partial charge on any atom is 0.265 e. The summed E-state index contributed by atoms with van der Waals surface area (Å²) in [5.74, 6) is 0.0683. The monoisotopic (exact) mass is 375 g/mol. The lowest BCUT2D eigenvalue weighted by Gasteiger charge is -2.36. The second-order valence-corrected chi connectivity index (χ2v) is 6.91. The first-order valence-electron chi connectivity index (χ1n) is 8.60. The zero-order valence-electron chi connectivity index (χ0n) is 14.8. The Labute approximate surface area is 157 Å². The van der Waals surface area contributed by atoms with E-state index in [-0.39, 0.29) is 11.6 Å². The maximum absolute atomic E-state index is 12.2. The van der Waals surface area contributed by atoms with Crippen molar-refractivity contribution in [2.45, 2.75) is 19.9 Å². The van der Waals surface area contributed by atoms with E-state index in [0.717, 1.165) is 23.8 Å². The highest BCUT2D eigenvalue weighted by Crippen LogP contribution is 2.26. The highest BCUT2D eigenvalue weighted by molar-refractivity contribution is 6.33. The fourth-order valence-corrected chi connectivity index (χ4v) is 3.17. The van der Waals surface area contributed by atoms with Crippen LogP contribution in [0.5, 0.6) is 0 Å². The number of para-hydroxylation sites is 1. The average molecular weight is 376 g/mol. The van der Waals surface area contributed by atoms with Crippen LogP contribution in [0, 0.1) is 0 Å². The summed E-state index contributed by atoms with van der Waals surface area (Å²) in [7, 11) is 0. The number of piperazine rings is 1. The van der Waals surface area contributed by atoms with E-state index in [1.807, 2.05) is 43.0 Å². The van der Waals surface area contributed by atoms with Crippen LogP contribution >= 0.6 is 11.6 Å². The summed E-state index contributed by atoms with van der Waals surface area (Å²) in [6.45, 7) is 6.61. The molecule has 0 unspecified atom stereocenters. The minimum atomic E-state index is -0.429. The van der Waals surface area contributed by atoms with Crippen LogP contribution in [0.4, 0.5) is 11.6 Å². The maximum atomic E-state index is 12.2. The molecule has 2 N–H and O–H groups in total. The lowest BCUT2D eigenvalue weighted by atomic mass is 10.2. The van der Waals surface area contributed by atoms with Crippen LogP contribution in [0.1, 0.15) is 24.2 Å². The Balaban J connectivity index is 1.68. The van der Waals surface area contributed by atoms with Gasteiger partial charge < -0.3 is 15.1 Å². The molecule has 7 nitrogen and oxygen atoms in total. The number of aromatic nitrogens is 2. The van der Waals surface area contributed by atoms with Gasteiger partial charge in [-0.3, -0.25) is 14.6 Å². The zero-order chi connectivity index (χ0) is 18.7. The van der Waals surface area contributed by atoms with E-state index in [1.54, 1.807) is 0 Å². The average Bonchev–Trinajstić information content (AvgIpc) is 2.61. The summed E-state index contributed by atoms with van der Waals surface area (Å²) in [6.07, 6.45) is 1.34. The Kier molecular flexibility index (Phi) is 5.46. The normalized spacial score (nSPS) is 14.6. The molecule has 2 heterocycles. The quantitative estimate of drug-likeness (QED) is 0.852. The minimum absolute atomic E-state index is 0.0251. The fourth-order valence-electron chi connectivity index (χ4n) is 2.92. The topological polar surface area (TPSA) is 81.3 Å². The Hall–Kier alpha value is -2.54. The van der Waals surface area contributed by atoms with Crippen LogP contribution in [0.2, 0.25) is 5.02 Å². The Bertz CT molecular complexity index is 843. The smallest absolute Gasteiger partial charge is 0.265 e. The van der Waals surface area contributed by atoms with Gasteiger partial charge in [0.05, 0.1) is 10.7 Å². The number of carbonyl (C=O) groups excluding carboxylic acids is 1. The second kappa shape index (κ2) is 7.78. The number of anilines is 2. The van der Waals surface area contributed by atoms with Crippen molar-refractivity contribution in [2.75, 3.05) is 36.0 Å². The van der Waals surface area contributed by atoms with Crippen molar-refractivity contribution in [1.82, 2.24) is 15.3 Å². The first-order chi connectivity index (χ1) is 12.5. The fraction of sp³-hybridized carbons (Fsp3) is 0.389. The number of rotatable bonds is 4. The van der Waals surface area contributed by atoms with Gasteiger partial charge in [0.1, 0.15) is 5.56 Å². The van der Waals surface area contributed by atoms with Gasteiger partial charge in [-0.15, -0.1) is 0 Å². The van der Waals surface area contributed by atoms with Crippen LogP contribution in [-0.4, -0.2) is 48.1 Å². The van der Waals surface area contributed by atoms with Crippen molar-refractivity contribution in [2.24, 2.45) is 0 Å². The molecule has 1 saturated heterocycles. The van der Waals surface area contributed by atoms with Gasteiger partial charge >= 0.3 is 0 Å². The number of carbonyl (C=O) groups is 1. The lowest BCUT2D eigenvalue weighted by molar-refractivity contribution is 0.0941. The number of hydrogen-bond acceptors (Lipinski definition) is 5. The molecule has 0 aliphatic carbocycles. The summed E-state index contributed by atoms with van der Waals surface area (Å²) in [4.78, 5) is 35.4. The Morgan fingerprint density at radius 1 is 1.19 bits per heavy atom. The summed E-state index contributed by atoms with van der Waals surface area (Å²) >= 11 is 6.26. The van der Waals surface area contributed by atoms with E-state index in [9.17, 15) is 9.59 Å². The van der Waals surface area contributed by atoms with Crippen molar-refractivity contribution in [3.63, 3.8) is 0 Å². The molecule has 0 atom stereocenters. The van der Waals surface area contributed by atoms with Gasteiger partial charge in [-0.1, -0.05) is 23.7 Å². The molecular weight excluding hydrogens is 354 g/mol. The van der Waals surface area contributed by atoms with Crippen molar-refractivity contribution in [1.29, 1.82) is 0 Å². The molecule has 0 saturated carbocycles. The molecule has 3 rings (SSSR count). The van der Waals surface area contributed by atoms with Crippen molar-refractivity contribution >= 4 is 29.1 Å². The minimum Gasteiger partial charge on any atom is -0.367 e. The number of H-pyrrole nitrogens is 1. The standard InChI is InChI=1S/C18H22ClN5O2/c1-12(2)21-16(25)13-11-20-18(22-17(13)26)24-9-7-23(8-10-24)15-6-4-3-5-14(15)19/h3-6,11-12H,7-10H2,1-2H3,(H,21,25)(H,20,22,26). The Morgan fingerprint density at radius 2 is 1.85 bits per heavy atom. The number of benzene rings is 1. The third-order valence-electron chi connectivity index (χ3n) is 4.22. The van der Waals surface area contributed by atoms with Crippen molar-refractivity contribution in [3.8, 4) is 0 Å². The predicted molar refractivity (Wildman–Crippen MR) is 103 cm³/mol. The molecule has 0 radical (unpaired) electrons. The molecule has 8 heteroatoms. The zero-order valence-corrected chi connectivity index (χ0v) is 15.6. The number of halogens is 1. The van der Waals surface area contributed by atoms with Gasteiger partial charge in [0.15, 0.2) is 0 Å². The van der Waals surface area contributed by atoms with Gasteiger partial charge in [-0.25, -0.2) is 4.98 Å². The first kappa shape index (κ1) is 18.3. The number of aromatic amines is 1. The summed E-state index contributed by atoms with van der Waals surface area (Å²) < 4.78 is 0. The number of nitrogens with zero attached hydrogens (tertiary/aromatic N) is 3. The third kappa shape index (κ3) is 3.99. The molecule has 0 bridgehead atoms. The second-order valence-electron chi connectivity index (χ2n) is 6.50. The molecule has 138 valence electrons. The molecule has 1 aliphatic heterocycles. The molecular formula is C18H22ClN5O2. The van der Waals surface area contributed by atoms with Crippen LogP contribution in [-0.2, 0) is 0 Å². The van der Waals surface area contributed by atoms with E-state index < -0.39 is 11.5 Å². The van der Waals surface area contributed by atoms with E-state index in [1.165, 1.54) is 6.20 Å². The van der Waals surface area contributed by atoms with Gasteiger partial charge in [0.25, 0.3) is 11.5 Å². The number of hydrogen-bond donors (Lipinski definition) is 2. The predicted octanol–water partition coefficient (Wildman–Crippen LogP) is 1.89. The SMILES string of the molecule is CC(C)NC(=O)c1cnc(N2CCN(c3ccccc3Cl)CC2)[nH]c1=O. The van der Waals surface area contributed by atoms with Gasteiger partial charge in [-0.2, -0.15) is 0 Å². The lowest BCUT2D eigenvalue weighted by Crippen LogP contribution is -2.47. The molecule has 1 fully saturated rings.